The van der Waals surface area contributed by atoms with E-state index in [9.17, 15) is 0 Å². The first-order chi connectivity index (χ1) is 70.7. The predicted molar refractivity (Wildman–Crippen MR) is 644 cm³/mol. The molecule has 0 aliphatic carbocycles. The molecule has 8 heteroatoms. The number of aromatic nitrogens is 4. The maximum absolute atomic E-state index is 2.58. The molecule has 738 valence electrons. The summed E-state index contributed by atoms with van der Waals surface area (Å²) in [4.78, 5) is 0. The Hall–Kier alpha value is -14.0. The number of fused-ring (bicyclic) bond motifs is 4. The fourth-order valence-electron chi connectivity index (χ4n) is 24.2. The summed E-state index contributed by atoms with van der Waals surface area (Å²) < 4.78 is 9.19. The average molecular weight is 1990 g/mol. The minimum absolute atomic E-state index is 0.0619. The second kappa shape index (κ2) is 43.6. The van der Waals surface area contributed by atoms with Gasteiger partial charge < -0.3 is 0 Å². The molecule has 0 unspecified atom stereocenters. The number of pyridine rings is 4. The van der Waals surface area contributed by atoms with Gasteiger partial charge in [-0.05, 0) is 325 Å². The van der Waals surface area contributed by atoms with Crippen LogP contribution in [0.1, 0.15) is 137 Å². The fourth-order valence-corrected chi connectivity index (χ4v) is 40.6. The molecule has 0 N–H and O–H groups in total. The van der Waals surface area contributed by atoms with Crippen molar-refractivity contribution in [3.63, 3.8) is 0 Å². The number of rotatable bonds is 20. The molecule has 4 nitrogen and oxygen atoms in total. The highest BCUT2D eigenvalue weighted by molar-refractivity contribution is 7.20. The first-order valence-electron chi connectivity index (χ1n) is 53.2. The van der Waals surface area contributed by atoms with Gasteiger partial charge in [-0.3, -0.25) is 0 Å². The number of aryl methyl sites for hydroxylation is 8. The summed E-state index contributed by atoms with van der Waals surface area (Å²) in [6.07, 6.45) is 13.1. The van der Waals surface area contributed by atoms with Crippen molar-refractivity contribution in [1.82, 2.24) is 0 Å². The van der Waals surface area contributed by atoms with E-state index < -0.39 is 32.3 Å². The van der Waals surface area contributed by atoms with Crippen LogP contribution < -0.4 is 80.5 Å². The Morgan fingerprint density at radius 1 is 0.204 bits per heavy atom. The lowest BCUT2D eigenvalue weighted by Crippen LogP contribution is -2.74. The average Bonchev–Trinajstić information content (AvgIpc) is 0.734. The molecular weight excluding hydrogens is 1840 g/mol. The lowest BCUT2D eigenvalue weighted by atomic mass is 9.90. The van der Waals surface area contributed by atoms with Crippen molar-refractivity contribution in [2.75, 3.05) is 0 Å². The third-order valence-corrected chi connectivity index (χ3v) is 52.5. The molecule has 20 rings (SSSR count). The van der Waals surface area contributed by atoms with Crippen LogP contribution in [0.3, 0.4) is 0 Å². The highest BCUT2D eigenvalue weighted by Crippen LogP contribution is 2.41. The summed E-state index contributed by atoms with van der Waals surface area (Å²) in [5.41, 5.74) is 33.2. The lowest BCUT2D eigenvalue weighted by Gasteiger charge is -2.44. The Balaban J connectivity index is 0.000000135. The zero-order valence-corrected chi connectivity index (χ0v) is 96.1. The van der Waals surface area contributed by atoms with Gasteiger partial charge in [-0.25, -0.2) is 18.3 Å². The van der Waals surface area contributed by atoms with E-state index in [-0.39, 0.29) is 5.04 Å². The van der Waals surface area contributed by atoms with Crippen LogP contribution in [0.25, 0.3) is 88.1 Å². The van der Waals surface area contributed by atoms with Crippen LogP contribution in [0.5, 0.6) is 0 Å². The Kier molecular flexibility index (Phi) is 31.0. The van der Waals surface area contributed by atoms with Crippen LogP contribution in [0, 0.1) is 83.1 Å². The number of benzene rings is 16. The van der Waals surface area contributed by atoms with E-state index >= 15 is 0 Å². The lowest BCUT2D eigenvalue weighted by molar-refractivity contribution is -0.659. The molecule has 147 heavy (non-hydrogen) atoms. The molecule has 0 atom stereocenters. The molecule has 0 aliphatic rings. The molecule has 0 radical (unpaired) electrons. The van der Waals surface area contributed by atoms with Crippen molar-refractivity contribution in [2.45, 2.75) is 182 Å². The predicted octanol–water partition coefficient (Wildman–Crippen LogP) is 24.8. The third kappa shape index (κ3) is 19.4. The second-order valence-corrected chi connectivity index (χ2v) is 59.9. The van der Waals surface area contributed by atoms with Gasteiger partial charge in [0.05, 0.1) is 43.8 Å². The monoisotopic (exact) mass is 1990 g/mol. The smallest absolute Gasteiger partial charge is 0.200 e. The number of hydrogen-bond donors (Lipinski definition) is 0. The molecule has 0 saturated carbocycles. The van der Waals surface area contributed by atoms with Gasteiger partial charge in [0.1, 0.15) is 44.3 Å². The van der Waals surface area contributed by atoms with Gasteiger partial charge in [0.15, 0.2) is 40.9 Å². The maximum atomic E-state index is 2.51. The molecular formula is C139H150N4Si4+4. The van der Waals surface area contributed by atoms with E-state index in [0.717, 1.165) is 25.7 Å². The number of hydrogen-bond acceptors (Lipinski definition) is 0. The van der Waals surface area contributed by atoms with Gasteiger partial charge in [-0.2, -0.15) is 0 Å². The van der Waals surface area contributed by atoms with Crippen molar-refractivity contribution in [2.24, 2.45) is 28.2 Å². The van der Waals surface area contributed by atoms with E-state index in [1.807, 2.05) is 0 Å². The topological polar surface area (TPSA) is 15.5 Å². The van der Waals surface area contributed by atoms with Gasteiger partial charge >= 0.3 is 0 Å². The third-order valence-electron chi connectivity index (χ3n) is 33.9. The normalized spacial score (nSPS) is 11.9. The molecule has 0 bridgehead atoms. The van der Waals surface area contributed by atoms with Gasteiger partial charge in [-0.1, -0.05) is 370 Å². The minimum Gasteiger partial charge on any atom is -0.200 e. The van der Waals surface area contributed by atoms with Gasteiger partial charge in [-0.15, -0.1) is 0 Å². The quantitative estimate of drug-likeness (QED) is 0.0411. The van der Waals surface area contributed by atoms with Crippen molar-refractivity contribution >= 4 is 138 Å². The zero-order chi connectivity index (χ0) is 104. The summed E-state index contributed by atoms with van der Waals surface area (Å²) in [5.74, 6) is 0. The Morgan fingerprint density at radius 2 is 0.422 bits per heavy atom. The van der Waals surface area contributed by atoms with Crippen LogP contribution in [0.15, 0.2) is 389 Å². The Bertz CT molecular complexity index is 8060. The molecule has 4 heterocycles. The standard InChI is InChI=1S/C39H38NSi.C37H42NSi.C34H36NSi.C29H34NSi/c1-6-31-27-38(30(4)28(2)29(31)3)39-37-23-22-36(26-32(37)24-25-40(39)5)41(33-16-10-7-11-17-33,34-18-12-8-13-19-34)35-20-14-9-15-21-35;1-9-29-25-35(28(4)26(2)27(29)3)36-34-21-20-33(24-30(34)22-23-38(36)8)39(37(5,6)7,31-16-12-10-13-17-31)32-18-14-11-15-19-32;1-7-27-23-33(26(4)24(2)25(27)3)34-32-19-18-31(22-28(32)20-21-35(34)5)36(6,29-14-10-8-11-15-29)30-16-12-9-13-17-30;1-8-23-19-28(22(4)20(2)21(23)3)29-27-15-14-26(18-24(27)16-17-30(29)5)31(6,7)25-12-10-9-11-13-25/h7-27H,6H2,1-5H3;10-25H,9H2,1-8H3;8-23H,7H2,1-6H3;9-19H,8H2,1-7H3/q4*+1. The Morgan fingerprint density at radius 3 is 0.687 bits per heavy atom. The molecule has 20 aromatic rings. The second-order valence-electron chi connectivity index (χ2n) is 43.0. The minimum atomic E-state index is -2.58. The van der Waals surface area contributed by atoms with Crippen molar-refractivity contribution in [3.05, 3.63) is 478 Å². The van der Waals surface area contributed by atoms with Crippen LogP contribution in [0.4, 0.5) is 0 Å². The van der Waals surface area contributed by atoms with Crippen LogP contribution in [-0.4, -0.2) is 32.3 Å². The van der Waals surface area contributed by atoms with E-state index in [0.29, 0.717) is 0 Å². The molecule has 0 saturated heterocycles. The summed E-state index contributed by atoms with van der Waals surface area (Å²) in [6, 6.07) is 137. The van der Waals surface area contributed by atoms with Crippen LogP contribution >= 0.6 is 0 Å². The largest absolute Gasteiger partial charge is 0.220 e. The van der Waals surface area contributed by atoms with E-state index in [4.69, 9.17) is 0 Å². The van der Waals surface area contributed by atoms with E-state index in [1.54, 1.807) is 0 Å². The van der Waals surface area contributed by atoms with E-state index in [2.05, 4.69) is 586 Å². The summed E-state index contributed by atoms with van der Waals surface area (Å²) in [7, 11) is -0.149. The molecule has 0 amide bonds. The molecule has 0 spiro atoms. The molecule has 0 fully saturated rings. The van der Waals surface area contributed by atoms with Gasteiger partial charge in [0, 0.05) is 24.3 Å². The summed E-state index contributed by atoms with van der Waals surface area (Å²) in [6.45, 7) is 51.0. The van der Waals surface area contributed by atoms with Crippen molar-refractivity contribution in [3.8, 4) is 45.0 Å². The van der Waals surface area contributed by atoms with Crippen LogP contribution in [0.2, 0.25) is 24.7 Å². The zero-order valence-electron chi connectivity index (χ0n) is 92.1. The van der Waals surface area contributed by atoms with Gasteiger partial charge in [0.2, 0.25) is 22.8 Å². The molecule has 0 aliphatic heterocycles. The van der Waals surface area contributed by atoms with Crippen molar-refractivity contribution < 1.29 is 18.3 Å². The summed E-state index contributed by atoms with van der Waals surface area (Å²) >= 11 is 0. The maximum Gasteiger partial charge on any atom is 0.220 e. The fraction of sp³-hybridized carbons (Fsp3) is 0.223. The highest BCUT2D eigenvalue weighted by atomic mass is 28.3. The van der Waals surface area contributed by atoms with E-state index in [1.165, 1.54) is 239 Å². The van der Waals surface area contributed by atoms with Crippen LogP contribution in [-0.2, 0) is 53.9 Å². The Labute approximate surface area is 882 Å². The summed E-state index contributed by atoms with van der Waals surface area (Å²) in [5, 5.41) is 27.8. The first-order valence-corrected chi connectivity index (χ1v) is 62.7. The van der Waals surface area contributed by atoms with Crippen molar-refractivity contribution in [1.29, 1.82) is 0 Å². The molecule has 16 aromatic carbocycles. The number of nitrogens with zero attached hydrogens (tertiary/aromatic N) is 4. The molecule has 4 aromatic heterocycles. The first kappa shape index (κ1) is 104. The van der Waals surface area contributed by atoms with Gasteiger partial charge in [0.25, 0.3) is 0 Å². The highest BCUT2D eigenvalue weighted by Gasteiger charge is 2.50. The SMILES string of the molecule is CCc1cc(-c2c3ccc([Si](C)(C)c4ccccc4)cc3cc[n+]2C)c(C)c(C)c1C.CCc1cc(-c2c3ccc([Si](C)(c4ccccc4)c4ccccc4)cc3cc[n+]2C)c(C)c(C)c1C.CCc1cc(-c2c3ccc([Si](c4ccccc4)(c4ccccc4)C(C)(C)C)cc3cc[n+]2C)c(C)c(C)c1C.CCc1cc(-c2c3ccc([Si](c4ccccc4)(c4ccccc4)c4ccccc4)cc3cc[n+]2C)c(C)c(C)c1C.